The van der Waals surface area contributed by atoms with E-state index in [4.69, 9.17) is 4.98 Å². The van der Waals surface area contributed by atoms with Crippen molar-refractivity contribution >= 4 is 43.1 Å². The van der Waals surface area contributed by atoms with Gasteiger partial charge in [0.25, 0.3) is 0 Å². The molecule has 11 aromatic rings. The van der Waals surface area contributed by atoms with Crippen LogP contribution >= 0.6 is 0 Å². The van der Waals surface area contributed by atoms with Crippen molar-refractivity contribution in [1.29, 1.82) is 0 Å². The summed E-state index contributed by atoms with van der Waals surface area (Å²) in [5.41, 5.74) is 12.3. The summed E-state index contributed by atoms with van der Waals surface area (Å²) in [6.07, 6.45) is 5.60. The third-order valence-electron chi connectivity index (χ3n) is 11.5. The van der Waals surface area contributed by atoms with Crippen LogP contribution in [0, 0.1) is 32.0 Å². The Morgan fingerprint density at radius 3 is 1.78 bits per heavy atom. The Balaban J connectivity index is 0.000000144. The minimum atomic E-state index is 0. The van der Waals surface area contributed by atoms with E-state index in [1.807, 2.05) is 67.0 Å². The number of aryl methyl sites for hydroxylation is 2. The summed E-state index contributed by atoms with van der Waals surface area (Å²) in [5.74, 6) is 0. The largest absolute Gasteiger partial charge is 0.305 e. The van der Waals surface area contributed by atoms with Gasteiger partial charge in [0.2, 0.25) is 0 Å². The molecule has 0 fully saturated rings. The average Bonchev–Trinajstić information content (AvgIpc) is 3.34. The molecule has 0 bridgehead atoms. The minimum Gasteiger partial charge on any atom is -0.305 e. The van der Waals surface area contributed by atoms with Gasteiger partial charge < -0.3 is 15.0 Å². The van der Waals surface area contributed by atoms with Crippen LogP contribution in [0.5, 0.6) is 0 Å². The maximum Gasteiger partial charge on any atom is 0.0167 e. The van der Waals surface area contributed by atoms with E-state index in [9.17, 15) is 0 Å². The van der Waals surface area contributed by atoms with Crippen molar-refractivity contribution in [2.75, 3.05) is 0 Å². The Labute approximate surface area is 396 Å². The number of rotatable bonds is 4. The van der Waals surface area contributed by atoms with E-state index in [1.54, 1.807) is 6.20 Å². The first-order valence-corrected chi connectivity index (χ1v) is 21.7. The number of fused-ring (bicyclic) bond motifs is 7. The van der Waals surface area contributed by atoms with Crippen molar-refractivity contribution in [2.45, 2.75) is 40.0 Å². The number of aromatic nitrogens is 3. The van der Waals surface area contributed by atoms with Crippen molar-refractivity contribution < 1.29 is 20.1 Å². The summed E-state index contributed by atoms with van der Waals surface area (Å²) in [7, 11) is 0. The molecule has 1 radical (unpaired) electrons. The van der Waals surface area contributed by atoms with Crippen molar-refractivity contribution in [3.63, 3.8) is 0 Å². The Kier molecular flexibility index (Phi) is 13.5. The summed E-state index contributed by atoms with van der Waals surface area (Å²) in [4.78, 5) is 13.5. The van der Waals surface area contributed by atoms with E-state index in [0.717, 1.165) is 39.3 Å². The van der Waals surface area contributed by atoms with Gasteiger partial charge in [-0.1, -0.05) is 144 Å². The maximum absolute atomic E-state index is 4.74. The van der Waals surface area contributed by atoms with Gasteiger partial charge in [-0.3, -0.25) is 0 Å². The van der Waals surface area contributed by atoms with Crippen LogP contribution < -0.4 is 0 Å². The summed E-state index contributed by atoms with van der Waals surface area (Å²) in [6.45, 7) is 10.9. The molecular weight excluding hydrogens is 967 g/mol. The first-order valence-electron chi connectivity index (χ1n) is 21.7. The molecule has 0 aliphatic heterocycles. The first-order chi connectivity index (χ1) is 31.2. The molecule has 319 valence electrons. The summed E-state index contributed by atoms with van der Waals surface area (Å²) in [6, 6.07) is 73.1. The Hall–Kier alpha value is -7.10. The average molecular weight is 1020 g/mol. The predicted octanol–water partition coefficient (Wildman–Crippen LogP) is 15.8. The third-order valence-corrected chi connectivity index (χ3v) is 11.5. The molecule has 11 rings (SSSR count). The molecule has 0 saturated heterocycles. The smallest absolute Gasteiger partial charge is 0.0167 e. The van der Waals surface area contributed by atoms with Gasteiger partial charge in [-0.25, -0.2) is 0 Å². The van der Waals surface area contributed by atoms with Crippen molar-refractivity contribution in [1.82, 2.24) is 15.0 Å². The van der Waals surface area contributed by atoms with Crippen LogP contribution in [-0.4, -0.2) is 15.0 Å². The molecule has 0 aliphatic rings. The molecule has 0 atom stereocenters. The zero-order chi connectivity index (χ0) is 44.0. The topological polar surface area (TPSA) is 38.7 Å². The van der Waals surface area contributed by atoms with Crippen molar-refractivity contribution in [3.05, 3.63) is 235 Å². The molecule has 8 aromatic carbocycles. The Morgan fingerprint density at radius 2 is 1.06 bits per heavy atom. The van der Waals surface area contributed by atoms with E-state index in [1.165, 1.54) is 65.3 Å². The van der Waals surface area contributed by atoms with Gasteiger partial charge in [0, 0.05) is 38.7 Å². The monoisotopic (exact) mass is 1020 g/mol. The molecule has 0 aliphatic carbocycles. The van der Waals surface area contributed by atoms with Crippen molar-refractivity contribution in [3.8, 4) is 44.9 Å². The summed E-state index contributed by atoms with van der Waals surface area (Å²) >= 11 is 0. The van der Waals surface area contributed by atoms with Crippen LogP contribution in [-0.2, 0) is 25.5 Å². The molecule has 3 aromatic heterocycles. The van der Waals surface area contributed by atoms with Crippen LogP contribution in [0.2, 0.25) is 0 Å². The Bertz CT molecular complexity index is 3320. The van der Waals surface area contributed by atoms with Crippen LogP contribution in [0.1, 0.15) is 37.5 Å². The third kappa shape index (κ3) is 10.0. The maximum atomic E-state index is 4.74. The second kappa shape index (κ2) is 19.7. The van der Waals surface area contributed by atoms with Crippen LogP contribution in [0.3, 0.4) is 0 Å². The molecular formula is C61H48IrN3-3. The van der Waals surface area contributed by atoms with Crippen LogP contribution in [0.15, 0.2) is 201 Å². The molecule has 0 unspecified atom stereocenters. The number of hydrogen-bond donors (Lipinski definition) is 0. The molecule has 65 heavy (non-hydrogen) atoms. The fraction of sp³-hybridized carbons (Fsp3) is 0.0984. The standard InChI is InChI=1S/C29H20N.C21H20N.C11H8N.Ir/c1-18-15-19(2)17-21(16-18)29-28-12-11-25-24-8-7-20-5-3-4-6-22(20)23(24)9-10-26(25)27(28)13-14-30-29;1-21(2,3)19-12-13-22-20(15-19)18-11-7-10-17(14-18)16-8-5-4-6-9-16;1-2-6-10(7-3-1)11-8-4-5-9-12-11;/h3-16H,1-2H3;4-10,12-15H,1-3H3;1-6,8-9H;/q3*-1;. The molecule has 0 saturated carbocycles. The molecule has 3 nitrogen and oxygen atoms in total. The second-order valence-corrected chi connectivity index (χ2v) is 17.1. The van der Waals surface area contributed by atoms with Gasteiger partial charge in [0.1, 0.15) is 0 Å². The summed E-state index contributed by atoms with van der Waals surface area (Å²) < 4.78 is 0. The zero-order valence-electron chi connectivity index (χ0n) is 37.2. The van der Waals surface area contributed by atoms with Gasteiger partial charge in [0.15, 0.2) is 0 Å². The van der Waals surface area contributed by atoms with Crippen LogP contribution in [0.4, 0.5) is 0 Å². The quantitative estimate of drug-likeness (QED) is 0.130. The van der Waals surface area contributed by atoms with Crippen molar-refractivity contribution in [2.24, 2.45) is 0 Å². The fourth-order valence-corrected chi connectivity index (χ4v) is 8.35. The number of pyridine rings is 3. The van der Waals surface area contributed by atoms with E-state index in [2.05, 4.69) is 190 Å². The van der Waals surface area contributed by atoms with Gasteiger partial charge in [0.05, 0.1) is 0 Å². The fourth-order valence-electron chi connectivity index (χ4n) is 8.35. The molecule has 0 N–H and O–H groups in total. The molecule has 0 spiro atoms. The minimum absolute atomic E-state index is 0. The van der Waals surface area contributed by atoms with E-state index in [-0.39, 0.29) is 25.5 Å². The Morgan fingerprint density at radius 1 is 0.415 bits per heavy atom. The molecule has 0 amide bonds. The van der Waals surface area contributed by atoms with Gasteiger partial charge in [-0.15, -0.1) is 106 Å². The number of nitrogens with zero attached hydrogens (tertiary/aromatic N) is 3. The van der Waals surface area contributed by atoms with Gasteiger partial charge in [-0.05, 0) is 94.9 Å². The van der Waals surface area contributed by atoms with Crippen LogP contribution in [0.25, 0.3) is 88.0 Å². The molecule has 4 heteroatoms. The van der Waals surface area contributed by atoms with E-state index >= 15 is 0 Å². The van der Waals surface area contributed by atoms with Gasteiger partial charge in [-0.2, -0.15) is 0 Å². The predicted molar refractivity (Wildman–Crippen MR) is 269 cm³/mol. The number of benzene rings is 8. The summed E-state index contributed by atoms with van der Waals surface area (Å²) in [5, 5.41) is 10.1. The van der Waals surface area contributed by atoms with E-state index < -0.39 is 0 Å². The number of hydrogen-bond acceptors (Lipinski definition) is 3. The van der Waals surface area contributed by atoms with Gasteiger partial charge >= 0.3 is 0 Å². The normalized spacial score (nSPS) is 11.0. The SMILES string of the molecule is CC(C)(C)c1ccnc(-c2[c-]ccc(-c3ccccc3)c2)c1.Cc1[c-]c(-c2nccc3c2ccc2c3ccc3c4ccccc4ccc32)cc(C)c1.[Ir].[c-]1ccccc1-c1ccccn1. The zero-order valence-corrected chi connectivity index (χ0v) is 39.6. The van der Waals surface area contributed by atoms with E-state index in [0.29, 0.717) is 0 Å². The molecule has 3 heterocycles. The second-order valence-electron chi connectivity index (χ2n) is 17.1. The first kappa shape index (κ1) is 44.5.